The molecule has 20 heavy (non-hydrogen) atoms. The number of nitrogens with one attached hydrogen (secondary N) is 1. The maximum Gasteiger partial charge on any atom is 0.188 e. The first-order valence-corrected chi connectivity index (χ1v) is 7.50. The molecule has 0 atom stereocenters. The van der Waals surface area contributed by atoms with Gasteiger partial charge in [0.25, 0.3) is 0 Å². The van der Waals surface area contributed by atoms with Crippen molar-refractivity contribution in [1.82, 2.24) is 5.32 Å². The van der Waals surface area contributed by atoms with Crippen LogP contribution in [0.5, 0.6) is 5.75 Å². The quantitative estimate of drug-likeness (QED) is 0.493. The predicted molar refractivity (Wildman–Crippen MR) is 83.2 cm³/mol. The van der Waals surface area contributed by atoms with Crippen LogP contribution >= 0.6 is 0 Å². The van der Waals surface area contributed by atoms with Gasteiger partial charge in [-0.25, -0.2) is 4.99 Å². The monoisotopic (exact) mass is 275 g/mol. The summed E-state index contributed by atoms with van der Waals surface area (Å²) in [4.78, 5) is 4.31. The summed E-state index contributed by atoms with van der Waals surface area (Å²) in [6, 6.07) is 8.53. The summed E-state index contributed by atoms with van der Waals surface area (Å²) in [6.07, 6.45) is 6.34. The first kappa shape index (κ1) is 14.7. The van der Waals surface area contributed by atoms with Crippen molar-refractivity contribution < 1.29 is 4.74 Å². The lowest BCUT2D eigenvalue weighted by Crippen LogP contribution is -2.41. The lowest BCUT2D eigenvalue weighted by molar-refractivity contribution is 0.328. The number of nitrogens with zero attached hydrogens (tertiary/aromatic N) is 1. The predicted octanol–water partition coefficient (Wildman–Crippen LogP) is 2.61. The molecule has 2 rings (SSSR count). The van der Waals surface area contributed by atoms with Crippen LogP contribution in [0.4, 0.5) is 0 Å². The number of hydrogen-bond donors (Lipinski definition) is 2. The molecule has 1 fully saturated rings. The summed E-state index contributed by atoms with van der Waals surface area (Å²) in [6.45, 7) is 3.19. The molecule has 0 radical (unpaired) electrons. The molecule has 1 aromatic carbocycles. The third kappa shape index (κ3) is 5.11. The molecule has 0 bridgehead atoms. The number of guanidine groups is 1. The Morgan fingerprint density at radius 3 is 2.90 bits per heavy atom. The number of ether oxygens (including phenoxy) is 1. The van der Waals surface area contributed by atoms with Crippen LogP contribution in [0.3, 0.4) is 0 Å². The molecule has 1 aliphatic carbocycles. The van der Waals surface area contributed by atoms with Gasteiger partial charge in [-0.3, -0.25) is 0 Å². The van der Waals surface area contributed by atoms with Crippen molar-refractivity contribution in [2.24, 2.45) is 10.7 Å². The van der Waals surface area contributed by atoms with Gasteiger partial charge in [0.05, 0.1) is 6.54 Å². The molecule has 0 saturated heterocycles. The van der Waals surface area contributed by atoms with E-state index in [9.17, 15) is 0 Å². The molecule has 0 aliphatic heterocycles. The van der Waals surface area contributed by atoms with Gasteiger partial charge >= 0.3 is 0 Å². The molecule has 4 nitrogen and oxygen atoms in total. The number of hydrogen-bond acceptors (Lipinski definition) is 2. The molecule has 3 N–H and O–H groups in total. The Hall–Kier alpha value is -1.71. The summed E-state index contributed by atoms with van der Waals surface area (Å²) >= 11 is 0. The standard InChI is InChI=1S/C16H25N3O/c1-13-6-5-9-15(12-13)20-11-10-18-16(17)19-14-7-3-2-4-8-14/h5-6,9,12,14H,2-4,7-8,10-11H2,1H3,(H3,17,18,19). The maximum atomic E-state index is 5.89. The number of aryl methyl sites for hydroxylation is 1. The minimum Gasteiger partial charge on any atom is -0.492 e. The Kier molecular flexibility index (Phi) is 5.71. The number of nitrogens with two attached hydrogens (primary N) is 1. The highest BCUT2D eigenvalue weighted by molar-refractivity contribution is 5.78. The van der Waals surface area contributed by atoms with Crippen molar-refractivity contribution in [2.45, 2.75) is 45.1 Å². The van der Waals surface area contributed by atoms with Gasteiger partial charge in [0.2, 0.25) is 0 Å². The average molecular weight is 275 g/mol. The van der Waals surface area contributed by atoms with E-state index < -0.39 is 0 Å². The van der Waals surface area contributed by atoms with Crippen LogP contribution in [-0.4, -0.2) is 25.2 Å². The number of aliphatic imine (C=N–C) groups is 1. The zero-order chi connectivity index (χ0) is 14.2. The Morgan fingerprint density at radius 2 is 2.15 bits per heavy atom. The fourth-order valence-corrected chi connectivity index (χ4v) is 2.54. The van der Waals surface area contributed by atoms with Crippen LogP contribution < -0.4 is 15.8 Å². The summed E-state index contributed by atoms with van der Waals surface area (Å²) in [5, 5.41) is 3.30. The molecular formula is C16H25N3O. The van der Waals surface area contributed by atoms with E-state index in [2.05, 4.69) is 23.3 Å². The van der Waals surface area contributed by atoms with E-state index in [1.807, 2.05) is 18.2 Å². The normalized spacial score (nSPS) is 16.9. The lowest BCUT2D eigenvalue weighted by atomic mass is 9.96. The first-order chi connectivity index (χ1) is 9.74. The van der Waals surface area contributed by atoms with Gasteiger partial charge < -0.3 is 15.8 Å². The van der Waals surface area contributed by atoms with Gasteiger partial charge in [-0.1, -0.05) is 31.4 Å². The zero-order valence-electron chi connectivity index (χ0n) is 12.3. The van der Waals surface area contributed by atoms with E-state index in [1.165, 1.54) is 37.7 Å². The van der Waals surface area contributed by atoms with Gasteiger partial charge in [-0.15, -0.1) is 0 Å². The smallest absolute Gasteiger partial charge is 0.188 e. The third-order valence-electron chi connectivity index (χ3n) is 3.59. The Bertz CT molecular complexity index is 439. The second-order valence-electron chi connectivity index (χ2n) is 5.41. The van der Waals surface area contributed by atoms with Crippen LogP contribution in [-0.2, 0) is 0 Å². The third-order valence-corrected chi connectivity index (χ3v) is 3.59. The van der Waals surface area contributed by atoms with Gasteiger partial charge in [-0.05, 0) is 37.5 Å². The van der Waals surface area contributed by atoms with E-state index in [-0.39, 0.29) is 0 Å². The van der Waals surface area contributed by atoms with Crippen LogP contribution in [0, 0.1) is 6.92 Å². The summed E-state index contributed by atoms with van der Waals surface area (Å²) in [5.41, 5.74) is 7.09. The molecule has 0 amide bonds. The Balaban J connectivity index is 1.67. The molecule has 1 saturated carbocycles. The molecular weight excluding hydrogens is 250 g/mol. The van der Waals surface area contributed by atoms with Crippen molar-refractivity contribution in [1.29, 1.82) is 0 Å². The van der Waals surface area contributed by atoms with Gasteiger partial charge in [0.1, 0.15) is 12.4 Å². The van der Waals surface area contributed by atoms with E-state index in [1.54, 1.807) is 0 Å². The van der Waals surface area contributed by atoms with Crippen molar-refractivity contribution in [2.75, 3.05) is 13.2 Å². The van der Waals surface area contributed by atoms with Crippen LogP contribution in [0.15, 0.2) is 29.3 Å². The Morgan fingerprint density at radius 1 is 1.35 bits per heavy atom. The van der Waals surface area contributed by atoms with E-state index >= 15 is 0 Å². The first-order valence-electron chi connectivity index (χ1n) is 7.50. The summed E-state index contributed by atoms with van der Waals surface area (Å²) < 4.78 is 5.64. The number of rotatable bonds is 5. The largest absolute Gasteiger partial charge is 0.492 e. The van der Waals surface area contributed by atoms with Crippen LogP contribution in [0.1, 0.15) is 37.7 Å². The minimum absolute atomic E-state index is 0.505. The van der Waals surface area contributed by atoms with E-state index in [0.29, 0.717) is 25.2 Å². The van der Waals surface area contributed by atoms with Crippen molar-refractivity contribution >= 4 is 5.96 Å². The maximum absolute atomic E-state index is 5.89. The topological polar surface area (TPSA) is 59.6 Å². The molecule has 4 heteroatoms. The molecule has 0 unspecified atom stereocenters. The van der Waals surface area contributed by atoms with Crippen molar-refractivity contribution in [3.8, 4) is 5.75 Å². The van der Waals surface area contributed by atoms with Crippen LogP contribution in [0.25, 0.3) is 0 Å². The van der Waals surface area contributed by atoms with Gasteiger partial charge in [0.15, 0.2) is 5.96 Å². The highest BCUT2D eigenvalue weighted by atomic mass is 16.5. The van der Waals surface area contributed by atoms with Gasteiger partial charge in [-0.2, -0.15) is 0 Å². The average Bonchev–Trinajstić information content (AvgIpc) is 2.45. The van der Waals surface area contributed by atoms with Crippen molar-refractivity contribution in [3.63, 3.8) is 0 Å². The Labute approximate surface area is 121 Å². The summed E-state index contributed by atoms with van der Waals surface area (Å²) in [7, 11) is 0. The fraction of sp³-hybridized carbons (Fsp3) is 0.562. The highest BCUT2D eigenvalue weighted by Crippen LogP contribution is 2.17. The van der Waals surface area contributed by atoms with Crippen LogP contribution in [0.2, 0.25) is 0 Å². The second-order valence-corrected chi connectivity index (χ2v) is 5.41. The molecule has 0 heterocycles. The molecule has 0 aromatic heterocycles. The van der Waals surface area contributed by atoms with Gasteiger partial charge in [0, 0.05) is 6.04 Å². The molecule has 1 aromatic rings. The zero-order valence-corrected chi connectivity index (χ0v) is 12.3. The SMILES string of the molecule is Cc1cccc(OCCN=C(N)NC2CCCCC2)c1. The van der Waals surface area contributed by atoms with Crippen molar-refractivity contribution in [3.05, 3.63) is 29.8 Å². The minimum atomic E-state index is 0.505. The second kappa shape index (κ2) is 7.78. The lowest BCUT2D eigenvalue weighted by Gasteiger charge is -2.23. The summed E-state index contributed by atoms with van der Waals surface area (Å²) in [5.74, 6) is 1.43. The number of benzene rings is 1. The molecule has 0 spiro atoms. The van der Waals surface area contributed by atoms with E-state index in [4.69, 9.17) is 10.5 Å². The highest BCUT2D eigenvalue weighted by Gasteiger charge is 2.12. The fourth-order valence-electron chi connectivity index (χ4n) is 2.54. The van der Waals surface area contributed by atoms with E-state index in [0.717, 1.165) is 5.75 Å². The molecule has 1 aliphatic rings. The molecule has 110 valence electrons.